The zero-order valence-electron chi connectivity index (χ0n) is 12.9. The van der Waals surface area contributed by atoms with E-state index in [1.807, 2.05) is 48.5 Å². The molecular formula is C20H16O3S. The first-order chi connectivity index (χ1) is 11.7. The molecule has 0 spiro atoms. The number of aromatic hydroxyl groups is 1. The van der Waals surface area contributed by atoms with Gasteiger partial charge in [0.15, 0.2) is 0 Å². The molecule has 1 saturated carbocycles. The first kappa shape index (κ1) is 15.1. The summed E-state index contributed by atoms with van der Waals surface area (Å²) in [5.74, 6) is 0.908. The van der Waals surface area contributed by atoms with Crippen LogP contribution in [0.15, 0.2) is 79.7 Å². The zero-order valence-corrected chi connectivity index (χ0v) is 13.8. The Balaban J connectivity index is 1.71. The second-order valence-electron chi connectivity index (χ2n) is 5.89. The number of benzene rings is 2. The van der Waals surface area contributed by atoms with Crippen molar-refractivity contribution < 1.29 is 9.52 Å². The van der Waals surface area contributed by atoms with Gasteiger partial charge in [0.2, 0.25) is 0 Å². The van der Waals surface area contributed by atoms with Crippen molar-refractivity contribution in [1.29, 1.82) is 0 Å². The van der Waals surface area contributed by atoms with Crippen LogP contribution in [0.2, 0.25) is 0 Å². The van der Waals surface area contributed by atoms with E-state index in [0.29, 0.717) is 11.7 Å². The molecule has 4 heteroatoms. The summed E-state index contributed by atoms with van der Waals surface area (Å²) in [7, 11) is 0. The summed E-state index contributed by atoms with van der Waals surface area (Å²) in [5, 5.41) is 10.4. The molecule has 3 aromatic rings. The average Bonchev–Trinajstić information content (AvgIpc) is 3.44. The van der Waals surface area contributed by atoms with Gasteiger partial charge in [0.1, 0.15) is 16.4 Å². The van der Waals surface area contributed by atoms with Gasteiger partial charge in [0, 0.05) is 16.5 Å². The van der Waals surface area contributed by atoms with Gasteiger partial charge >= 0.3 is 5.63 Å². The predicted molar refractivity (Wildman–Crippen MR) is 94.6 cm³/mol. The fourth-order valence-electron chi connectivity index (χ4n) is 2.72. The fraction of sp³-hybridized carbons (Fsp3) is 0.150. The Morgan fingerprint density at radius 3 is 2.42 bits per heavy atom. The van der Waals surface area contributed by atoms with Crippen LogP contribution >= 0.6 is 11.8 Å². The molecule has 1 heterocycles. The van der Waals surface area contributed by atoms with E-state index in [1.165, 1.54) is 36.2 Å². The van der Waals surface area contributed by atoms with Crippen molar-refractivity contribution in [2.75, 3.05) is 0 Å². The van der Waals surface area contributed by atoms with Gasteiger partial charge < -0.3 is 9.52 Å². The van der Waals surface area contributed by atoms with E-state index < -0.39 is 5.63 Å². The van der Waals surface area contributed by atoms with Crippen molar-refractivity contribution in [2.24, 2.45) is 0 Å². The second kappa shape index (κ2) is 6.21. The Morgan fingerprint density at radius 1 is 1.00 bits per heavy atom. The zero-order chi connectivity index (χ0) is 16.5. The van der Waals surface area contributed by atoms with Crippen LogP contribution in [-0.2, 0) is 0 Å². The Kier molecular flexibility index (Phi) is 3.90. The predicted octanol–water partition coefficient (Wildman–Crippen LogP) is 5.04. The van der Waals surface area contributed by atoms with Crippen molar-refractivity contribution in [3.8, 4) is 17.1 Å². The van der Waals surface area contributed by atoms with Crippen LogP contribution in [0.4, 0.5) is 0 Å². The Labute approximate surface area is 144 Å². The molecule has 120 valence electrons. The third kappa shape index (κ3) is 2.97. The van der Waals surface area contributed by atoms with E-state index in [-0.39, 0.29) is 10.6 Å². The maximum Gasteiger partial charge on any atom is 0.354 e. The number of rotatable bonds is 4. The molecule has 1 N–H and O–H groups in total. The van der Waals surface area contributed by atoms with Crippen LogP contribution in [0.1, 0.15) is 24.3 Å². The molecule has 4 rings (SSSR count). The standard InChI is InChI=1S/C20H16O3S/c21-16-12-17(14-6-2-1-3-7-14)23-20(22)19(16)24-18-9-5-4-8-15(18)13-10-11-13/h1-9,12-13,21H,10-11H2. The van der Waals surface area contributed by atoms with Crippen molar-refractivity contribution in [2.45, 2.75) is 28.6 Å². The molecule has 1 fully saturated rings. The maximum atomic E-state index is 12.4. The van der Waals surface area contributed by atoms with E-state index in [9.17, 15) is 9.90 Å². The minimum atomic E-state index is -0.510. The average molecular weight is 336 g/mol. The van der Waals surface area contributed by atoms with Crippen LogP contribution in [0.3, 0.4) is 0 Å². The lowest BCUT2D eigenvalue weighted by Crippen LogP contribution is -2.03. The van der Waals surface area contributed by atoms with E-state index in [0.717, 1.165) is 10.5 Å². The minimum absolute atomic E-state index is 0.0410. The Morgan fingerprint density at radius 2 is 1.71 bits per heavy atom. The normalized spacial score (nSPS) is 13.8. The Bertz CT molecular complexity index is 927. The highest BCUT2D eigenvalue weighted by molar-refractivity contribution is 7.99. The highest BCUT2D eigenvalue weighted by Crippen LogP contribution is 2.46. The van der Waals surface area contributed by atoms with E-state index >= 15 is 0 Å². The molecule has 2 aromatic carbocycles. The van der Waals surface area contributed by atoms with E-state index in [2.05, 4.69) is 6.07 Å². The van der Waals surface area contributed by atoms with Crippen LogP contribution in [0, 0.1) is 0 Å². The lowest BCUT2D eigenvalue weighted by molar-refractivity contribution is 0.430. The Hall–Kier alpha value is -2.46. The van der Waals surface area contributed by atoms with Crippen LogP contribution in [0.5, 0.6) is 5.75 Å². The quantitative estimate of drug-likeness (QED) is 0.725. The highest BCUT2D eigenvalue weighted by atomic mass is 32.2. The maximum absolute atomic E-state index is 12.4. The molecule has 1 aliphatic rings. The topological polar surface area (TPSA) is 50.4 Å². The van der Waals surface area contributed by atoms with Crippen LogP contribution in [0.25, 0.3) is 11.3 Å². The van der Waals surface area contributed by atoms with Crippen molar-refractivity contribution in [3.05, 3.63) is 76.6 Å². The molecule has 0 radical (unpaired) electrons. The first-order valence-electron chi connectivity index (χ1n) is 7.91. The van der Waals surface area contributed by atoms with Crippen molar-refractivity contribution in [1.82, 2.24) is 0 Å². The molecular weight excluding hydrogens is 320 g/mol. The molecule has 1 aliphatic carbocycles. The van der Waals surface area contributed by atoms with Crippen LogP contribution < -0.4 is 5.63 Å². The largest absolute Gasteiger partial charge is 0.506 e. The third-order valence-corrected chi connectivity index (χ3v) is 5.27. The summed E-state index contributed by atoms with van der Waals surface area (Å²) < 4.78 is 5.43. The van der Waals surface area contributed by atoms with E-state index in [4.69, 9.17) is 4.42 Å². The third-order valence-electron chi connectivity index (χ3n) is 4.10. The highest BCUT2D eigenvalue weighted by Gasteiger charge is 2.26. The monoisotopic (exact) mass is 336 g/mol. The van der Waals surface area contributed by atoms with Crippen molar-refractivity contribution in [3.63, 3.8) is 0 Å². The SMILES string of the molecule is O=c1oc(-c2ccccc2)cc(O)c1Sc1ccccc1C1CC1. The smallest absolute Gasteiger partial charge is 0.354 e. The second-order valence-corrected chi connectivity index (χ2v) is 6.94. The summed E-state index contributed by atoms with van der Waals surface area (Å²) in [6.45, 7) is 0. The van der Waals surface area contributed by atoms with Crippen LogP contribution in [-0.4, -0.2) is 5.11 Å². The molecule has 0 amide bonds. The fourth-order valence-corrected chi connectivity index (χ4v) is 3.73. The lowest BCUT2D eigenvalue weighted by atomic mass is 10.1. The number of hydrogen-bond acceptors (Lipinski definition) is 4. The first-order valence-corrected chi connectivity index (χ1v) is 8.73. The summed E-state index contributed by atoms with van der Waals surface area (Å²) in [6, 6.07) is 18.9. The lowest BCUT2D eigenvalue weighted by Gasteiger charge is -2.09. The molecule has 0 unspecified atom stereocenters. The summed E-state index contributed by atoms with van der Waals surface area (Å²) in [5.41, 5.74) is 1.50. The minimum Gasteiger partial charge on any atom is -0.506 e. The van der Waals surface area contributed by atoms with E-state index in [1.54, 1.807) is 0 Å². The molecule has 0 atom stereocenters. The molecule has 0 bridgehead atoms. The summed E-state index contributed by atoms with van der Waals surface area (Å²) in [4.78, 5) is 13.6. The molecule has 24 heavy (non-hydrogen) atoms. The van der Waals surface area contributed by atoms with Gasteiger partial charge in [-0.25, -0.2) is 4.79 Å². The summed E-state index contributed by atoms with van der Waals surface area (Å²) >= 11 is 1.28. The van der Waals surface area contributed by atoms with Gasteiger partial charge in [-0.3, -0.25) is 0 Å². The molecule has 3 nitrogen and oxygen atoms in total. The van der Waals surface area contributed by atoms with Gasteiger partial charge in [-0.05, 0) is 30.4 Å². The summed E-state index contributed by atoms with van der Waals surface area (Å²) in [6.07, 6.45) is 2.37. The number of hydrogen-bond donors (Lipinski definition) is 1. The van der Waals surface area contributed by atoms with Gasteiger partial charge in [-0.1, -0.05) is 60.3 Å². The molecule has 0 saturated heterocycles. The van der Waals surface area contributed by atoms with Gasteiger partial charge in [0.05, 0.1) is 0 Å². The van der Waals surface area contributed by atoms with Crippen molar-refractivity contribution >= 4 is 11.8 Å². The van der Waals surface area contributed by atoms with Gasteiger partial charge in [-0.15, -0.1) is 0 Å². The molecule has 1 aromatic heterocycles. The van der Waals surface area contributed by atoms with Gasteiger partial charge in [0.25, 0.3) is 0 Å². The van der Waals surface area contributed by atoms with Gasteiger partial charge in [-0.2, -0.15) is 0 Å². The molecule has 0 aliphatic heterocycles.